The number of rotatable bonds is 8. The van der Waals surface area contributed by atoms with Gasteiger partial charge in [-0.1, -0.05) is 29.8 Å². The van der Waals surface area contributed by atoms with Crippen LogP contribution in [-0.4, -0.2) is 45.5 Å². The Morgan fingerprint density at radius 3 is 2.48 bits per heavy atom. The van der Waals surface area contributed by atoms with E-state index in [9.17, 15) is 8.42 Å². The van der Waals surface area contributed by atoms with E-state index in [0.29, 0.717) is 13.0 Å². The van der Waals surface area contributed by atoms with E-state index in [4.69, 9.17) is 0 Å². The second-order valence-corrected chi connectivity index (χ2v) is 8.22. The van der Waals surface area contributed by atoms with Gasteiger partial charge in [0.1, 0.15) is 9.84 Å². The molecule has 0 bridgehead atoms. The average molecular weight is 340 g/mol. The van der Waals surface area contributed by atoms with Crippen LogP contribution >= 0.6 is 0 Å². The first kappa shape index (κ1) is 19.5. The smallest absolute Gasteiger partial charge is 0.191 e. The highest BCUT2D eigenvalue weighted by Gasteiger charge is 2.09. The molecule has 0 saturated heterocycles. The summed E-state index contributed by atoms with van der Waals surface area (Å²) in [7, 11) is -2.92. The molecule has 0 fully saturated rings. The van der Waals surface area contributed by atoms with Crippen LogP contribution in [0.5, 0.6) is 0 Å². The van der Waals surface area contributed by atoms with Crippen molar-refractivity contribution in [2.45, 2.75) is 39.7 Å². The van der Waals surface area contributed by atoms with E-state index in [1.165, 1.54) is 17.4 Å². The van der Waals surface area contributed by atoms with Crippen molar-refractivity contribution in [1.29, 1.82) is 0 Å². The first-order chi connectivity index (χ1) is 10.8. The minimum Gasteiger partial charge on any atom is -0.357 e. The number of aryl methyl sites for hydroxylation is 1. The fourth-order valence-electron chi connectivity index (χ4n) is 2.07. The predicted molar refractivity (Wildman–Crippen MR) is 97.8 cm³/mol. The Bertz CT molecular complexity index is 595. The standard InChI is InChI=1S/C17H29N3O2S/c1-5-18-17(20-15(3)11-13-23(4,21)22)19-12-10-16-8-6-14(2)7-9-16/h6-9,15H,5,10-13H2,1-4H3,(H2,18,19,20). The Labute approximate surface area is 140 Å². The van der Waals surface area contributed by atoms with Gasteiger partial charge in [-0.05, 0) is 39.2 Å². The van der Waals surface area contributed by atoms with Crippen molar-refractivity contribution in [2.24, 2.45) is 4.99 Å². The second-order valence-electron chi connectivity index (χ2n) is 5.96. The number of nitrogens with one attached hydrogen (secondary N) is 2. The largest absolute Gasteiger partial charge is 0.357 e. The summed E-state index contributed by atoms with van der Waals surface area (Å²) in [6, 6.07) is 8.52. The van der Waals surface area contributed by atoms with Crippen molar-refractivity contribution in [2.75, 3.05) is 25.1 Å². The highest BCUT2D eigenvalue weighted by molar-refractivity contribution is 7.90. The molecule has 23 heavy (non-hydrogen) atoms. The Morgan fingerprint density at radius 1 is 1.26 bits per heavy atom. The molecule has 0 spiro atoms. The number of aliphatic imine (C=N–C) groups is 1. The summed E-state index contributed by atoms with van der Waals surface area (Å²) < 4.78 is 22.5. The molecule has 1 aromatic carbocycles. The van der Waals surface area contributed by atoms with Gasteiger partial charge < -0.3 is 10.6 Å². The molecule has 0 aliphatic heterocycles. The molecule has 1 unspecified atom stereocenters. The molecule has 5 nitrogen and oxygen atoms in total. The third-order valence-electron chi connectivity index (χ3n) is 3.44. The molecule has 1 aromatic rings. The molecule has 0 heterocycles. The molecule has 0 amide bonds. The van der Waals surface area contributed by atoms with E-state index in [2.05, 4.69) is 46.8 Å². The molecule has 0 aliphatic carbocycles. The quantitative estimate of drug-likeness (QED) is 0.561. The summed E-state index contributed by atoms with van der Waals surface area (Å²) in [4.78, 5) is 4.56. The summed E-state index contributed by atoms with van der Waals surface area (Å²) in [5.74, 6) is 0.921. The van der Waals surface area contributed by atoms with E-state index in [-0.39, 0.29) is 11.8 Å². The van der Waals surface area contributed by atoms with Gasteiger partial charge in [-0.15, -0.1) is 0 Å². The van der Waals surface area contributed by atoms with E-state index >= 15 is 0 Å². The minimum atomic E-state index is -2.92. The van der Waals surface area contributed by atoms with Crippen molar-refractivity contribution in [3.8, 4) is 0 Å². The van der Waals surface area contributed by atoms with Crippen LogP contribution in [0.1, 0.15) is 31.4 Å². The maximum atomic E-state index is 11.2. The van der Waals surface area contributed by atoms with Crippen LogP contribution in [-0.2, 0) is 16.3 Å². The minimum absolute atomic E-state index is 0.0573. The lowest BCUT2D eigenvalue weighted by atomic mass is 10.1. The Kier molecular flexibility index (Phi) is 8.09. The number of hydrogen-bond donors (Lipinski definition) is 2. The van der Waals surface area contributed by atoms with Crippen molar-refractivity contribution in [3.05, 3.63) is 35.4 Å². The Morgan fingerprint density at radius 2 is 1.91 bits per heavy atom. The highest BCUT2D eigenvalue weighted by atomic mass is 32.2. The zero-order valence-electron chi connectivity index (χ0n) is 14.6. The van der Waals surface area contributed by atoms with E-state index in [1.807, 2.05) is 13.8 Å². The van der Waals surface area contributed by atoms with Crippen molar-refractivity contribution in [1.82, 2.24) is 10.6 Å². The van der Waals surface area contributed by atoms with Crippen LogP contribution in [0.2, 0.25) is 0 Å². The number of guanidine groups is 1. The average Bonchev–Trinajstić information content (AvgIpc) is 2.47. The number of nitrogens with zero attached hydrogens (tertiary/aromatic N) is 1. The maximum absolute atomic E-state index is 11.2. The Balaban J connectivity index is 2.50. The third kappa shape index (κ3) is 9.23. The summed E-state index contributed by atoms with van der Waals surface area (Å²) in [5, 5.41) is 6.46. The second kappa shape index (κ2) is 9.55. The van der Waals surface area contributed by atoms with Gasteiger partial charge in [-0.25, -0.2) is 8.42 Å². The summed E-state index contributed by atoms with van der Waals surface area (Å²) in [6.07, 6.45) is 2.72. The lowest BCUT2D eigenvalue weighted by molar-refractivity contribution is 0.581. The van der Waals surface area contributed by atoms with Gasteiger partial charge in [0.15, 0.2) is 5.96 Å². The number of benzene rings is 1. The summed E-state index contributed by atoms with van der Waals surface area (Å²) in [5.41, 5.74) is 2.52. The maximum Gasteiger partial charge on any atom is 0.191 e. The zero-order chi connectivity index (χ0) is 17.3. The molecular formula is C17H29N3O2S. The van der Waals surface area contributed by atoms with Crippen molar-refractivity contribution >= 4 is 15.8 Å². The topological polar surface area (TPSA) is 70.6 Å². The fraction of sp³-hybridized carbons (Fsp3) is 0.588. The highest BCUT2D eigenvalue weighted by Crippen LogP contribution is 2.04. The van der Waals surface area contributed by atoms with Gasteiger partial charge in [0, 0.05) is 25.4 Å². The summed E-state index contributed by atoms with van der Waals surface area (Å²) >= 11 is 0. The fourth-order valence-corrected chi connectivity index (χ4v) is 2.85. The molecule has 0 aliphatic rings. The lowest BCUT2D eigenvalue weighted by Crippen LogP contribution is -2.43. The Hall–Kier alpha value is -1.56. The molecule has 0 aromatic heterocycles. The van der Waals surface area contributed by atoms with Crippen LogP contribution in [0.25, 0.3) is 0 Å². The molecule has 6 heteroatoms. The van der Waals surface area contributed by atoms with Crippen molar-refractivity contribution < 1.29 is 8.42 Å². The van der Waals surface area contributed by atoms with Crippen LogP contribution in [0, 0.1) is 6.92 Å². The van der Waals surface area contributed by atoms with Gasteiger partial charge in [0.2, 0.25) is 0 Å². The monoisotopic (exact) mass is 339 g/mol. The SMILES string of the molecule is CCNC(=NCCc1ccc(C)cc1)NC(C)CCS(C)(=O)=O. The lowest BCUT2D eigenvalue weighted by Gasteiger charge is -2.17. The van der Waals surface area contributed by atoms with Crippen LogP contribution in [0.15, 0.2) is 29.3 Å². The van der Waals surface area contributed by atoms with Gasteiger partial charge in [-0.2, -0.15) is 0 Å². The summed E-state index contributed by atoms with van der Waals surface area (Å²) in [6.45, 7) is 7.52. The molecule has 0 radical (unpaired) electrons. The first-order valence-corrected chi connectivity index (χ1v) is 10.1. The van der Waals surface area contributed by atoms with E-state index in [1.54, 1.807) is 0 Å². The molecule has 130 valence electrons. The first-order valence-electron chi connectivity index (χ1n) is 8.08. The van der Waals surface area contributed by atoms with Crippen LogP contribution in [0.4, 0.5) is 0 Å². The van der Waals surface area contributed by atoms with Gasteiger partial charge in [-0.3, -0.25) is 4.99 Å². The van der Waals surface area contributed by atoms with Crippen LogP contribution < -0.4 is 10.6 Å². The molecular weight excluding hydrogens is 310 g/mol. The van der Waals surface area contributed by atoms with E-state index in [0.717, 1.165) is 18.9 Å². The van der Waals surface area contributed by atoms with Gasteiger partial charge in [0.05, 0.1) is 5.75 Å². The zero-order valence-corrected chi connectivity index (χ0v) is 15.4. The molecule has 1 rings (SSSR count). The molecule has 0 saturated carbocycles. The van der Waals surface area contributed by atoms with Gasteiger partial charge >= 0.3 is 0 Å². The third-order valence-corrected chi connectivity index (χ3v) is 4.42. The predicted octanol–water partition coefficient (Wildman–Crippen LogP) is 1.92. The molecule has 1 atom stereocenters. The number of sulfone groups is 1. The van der Waals surface area contributed by atoms with E-state index < -0.39 is 9.84 Å². The normalized spacial score (nSPS) is 13.7. The van der Waals surface area contributed by atoms with Gasteiger partial charge in [0.25, 0.3) is 0 Å². The molecule has 2 N–H and O–H groups in total. The van der Waals surface area contributed by atoms with Crippen LogP contribution in [0.3, 0.4) is 0 Å². The number of hydrogen-bond acceptors (Lipinski definition) is 3. The van der Waals surface area contributed by atoms with Crippen molar-refractivity contribution in [3.63, 3.8) is 0 Å².